The Bertz CT molecular complexity index is 949. The molecule has 8 nitrogen and oxygen atoms in total. The van der Waals surface area contributed by atoms with Crippen LogP contribution < -0.4 is 15.1 Å². The number of hydrogen-bond acceptors (Lipinski definition) is 6. The molecule has 1 aromatic carbocycles. The van der Waals surface area contributed by atoms with E-state index in [-0.39, 0.29) is 30.5 Å². The van der Waals surface area contributed by atoms with Crippen molar-refractivity contribution >= 4 is 23.5 Å². The molecule has 1 aromatic heterocycles. The van der Waals surface area contributed by atoms with Crippen LogP contribution in [-0.2, 0) is 9.59 Å². The number of aromatic nitrogens is 2. The third-order valence-electron chi connectivity index (χ3n) is 6.05. The van der Waals surface area contributed by atoms with Crippen molar-refractivity contribution in [1.29, 1.82) is 0 Å². The van der Waals surface area contributed by atoms with Crippen LogP contribution in [0.25, 0.3) is 0 Å². The van der Waals surface area contributed by atoms with E-state index in [0.29, 0.717) is 6.54 Å². The Labute approximate surface area is 187 Å². The molecule has 2 saturated heterocycles. The first-order chi connectivity index (χ1) is 15.5. The quantitative estimate of drug-likeness (QED) is 0.659. The van der Waals surface area contributed by atoms with Crippen LogP contribution in [0.15, 0.2) is 36.7 Å². The second-order valence-electron chi connectivity index (χ2n) is 8.38. The molecule has 9 heteroatoms. The fraction of sp³-hybridized carbons (Fsp3) is 0.478. The largest absolute Gasteiger partial charge is 0.356 e. The highest BCUT2D eigenvalue weighted by molar-refractivity contribution is 6.00. The number of piperazine rings is 1. The molecule has 2 fully saturated rings. The molecule has 0 bridgehead atoms. The standard InChI is InChI=1S/C23H29FN6O2/c1-17-4-5-20(19(24)14-17)30-16-18(15-21(30)31)22(32)25-8-3-9-28-10-12-29(13-11-28)23-26-6-2-7-27-23/h2,4-7,14,18H,3,8-13,15-16H2,1H3,(H,25,32)/t18-/m0/s1. The van der Waals surface area contributed by atoms with Gasteiger partial charge in [0.15, 0.2) is 0 Å². The molecule has 2 amide bonds. The minimum atomic E-state index is -0.447. The number of carbonyl (C=O) groups excluding carboxylic acids is 2. The Morgan fingerprint density at radius 3 is 2.66 bits per heavy atom. The molecule has 4 rings (SSSR count). The van der Waals surface area contributed by atoms with E-state index in [0.717, 1.165) is 50.7 Å². The topological polar surface area (TPSA) is 81.7 Å². The molecule has 0 radical (unpaired) electrons. The second-order valence-corrected chi connectivity index (χ2v) is 8.38. The van der Waals surface area contributed by atoms with Crippen molar-refractivity contribution < 1.29 is 14.0 Å². The summed E-state index contributed by atoms with van der Waals surface area (Å²) < 4.78 is 14.2. The Morgan fingerprint density at radius 1 is 1.19 bits per heavy atom. The first-order valence-corrected chi connectivity index (χ1v) is 11.1. The van der Waals surface area contributed by atoms with E-state index in [1.807, 2.05) is 6.07 Å². The van der Waals surface area contributed by atoms with Crippen LogP contribution >= 0.6 is 0 Å². The predicted molar refractivity (Wildman–Crippen MR) is 120 cm³/mol. The summed E-state index contributed by atoms with van der Waals surface area (Å²) in [5, 5.41) is 2.95. The molecule has 32 heavy (non-hydrogen) atoms. The Morgan fingerprint density at radius 2 is 1.94 bits per heavy atom. The summed E-state index contributed by atoms with van der Waals surface area (Å²) >= 11 is 0. The summed E-state index contributed by atoms with van der Waals surface area (Å²) in [4.78, 5) is 39.4. The second kappa shape index (κ2) is 10.0. The van der Waals surface area contributed by atoms with Gasteiger partial charge in [0.1, 0.15) is 5.82 Å². The third kappa shape index (κ3) is 5.21. The Hall–Kier alpha value is -3.07. The molecule has 2 aliphatic heterocycles. The van der Waals surface area contributed by atoms with Crippen molar-refractivity contribution in [1.82, 2.24) is 20.2 Å². The number of carbonyl (C=O) groups is 2. The van der Waals surface area contributed by atoms with Gasteiger partial charge in [-0.1, -0.05) is 6.07 Å². The maximum atomic E-state index is 14.2. The third-order valence-corrected chi connectivity index (χ3v) is 6.05. The van der Waals surface area contributed by atoms with Gasteiger partial charge in [0, 0.05) is 58.1 Å². The highest BCUT2D eigenvalue weighted by atomic mass is 19.1. The fourth-order valence-corrected chi connectivity index (χ4v) is 4.23. The molecule has 0 aliphatic carbocycles. The minimum absolute atomic E-state index is 0.114. The van der Waals surface area contributed by atoms with Gasteiger partial charge in [0.2, 0.25) is 17.8 Å². The lowest BCUT2D eigenvalue weighted by atomic mass is 10.1. The molecule has 2 aliphatic rings. The first-order valence-electron chi connectivity index (χ1n) is 11.1. The normalized spacial score (nSPS) is 19.4. The van der Waals surface area contributed by atoms with E-state index < -0.39 is 11.7 Å². The van der Waals surface area contributed by atoms with Crippen LogP contribution in [0.4, 0.5) is 16.0 Å². The number of halogens is 1. The lowest BCUT2D eigenvalue weighted by molar-refractivity contribution is -0.126. The molecule has 2 aromatic rings. The van der Waals surface area contributed by atoms with Crippen molar-refractivity contribution in [2.45, 2.75) is 19.8 Å². The summed E-state index contributed by atoms with van der Waals surface area (Å²) in [6.45, 7) is 7.10. The maximum Gasteiger partial charge on any atom is 0.227 e. The van der Waals surface area contributed by atoms with E-state index in [1.54, 1.807) is 31.5 Å². The molecule has 1 N–H and O–H groups in total. The number of nitrogens with zero attached hydrogens (tertiary/aromatic N) is 5. The van der Waals surface area contributed by atoms with Crippen molar-refractivity contribution in [3.63, 3.8) is 0 Å². The number of hydrogen-bond donors (Lipinski definition) is 1. The fourth-order valence-electron chi connectivity index (χ4n) is 4.23. The average molecular weight is 441 g/mol. The molecule has 0 spiro atoms. The van der Waals surface area contributed by atoms with E-state index in [2.05, 4.69) is 25.1 Å². The van der Waals surface area contributed by atoms with Gasteiger partial charge in [-0.05, 0) is 43.7 Å². The zero-order valence-electron chi connectivity index (χ0n) is 18.3. The van der Waals surface area contributed by atoms with E-state index in [4.69, 9.17) is 0 Å². The van der Waals surface area contributed by atoms with Crippen LogP contribution in [0.2, 0.25) is 0 Å². The Kier molecular flexibility index (Phi) is 6.94. The molecule has 0 unspecified atom stereocenters. The smallest absolute Gasteiger partial charge is 0.227 e. The predicted octanol–water partition coefficient (Wildman–Crippen LogP) is 1.61. The van der Waals surface area contributed by atoms with Gasteiger partial charge >= 0.3 is 0 Å². The van der Waals surface area contributed by atoms with Crippen molar-refractivity contribution in [3.05, 3.63) is 48.0 Å². The van der Waals surface area contributed by atoms with Gasteiger partial charge in [0.05, 0.1) is 11.6 Å². The van der Waals surface area contributed by atoms with Crippen molar-refractivity contribution in [3.8, 4) is 0 Å². The number of anilines is 2. The van der Waals surface area contributed by atoms with E-state index in [9.17, 15) is 14.0 Å². The minimum Gasteiger partial charge on any atom is -0.356 e. The SMILES string of the molecule is Cc1ccc(N2C[C@@H](C(=O)NCCCN3CCN(c4ncccn4)CC3)CC2=O)c(F)c1. The van der Waals surface area contributed by atoms with E-state index >= 15 is 0 Å². The van der Waals surface area contributed by atoms with Crippen LogP contribution in [0.3, 0.4) is 0 Å². The Balaban J connectivity index is 1.17. The van der Waals surface area contributed by atoms with Gasteiger partial charge in [-0.3, -0.25) is 14.5 Å². The van der Waals surface area contributed by atoms with Crippen LogP contribution in [0.1, 0.15) is 18.4 Å². The molecule has 170 valence electrons. The van der Waals surface area contributed by atoms with Gasteiger partial charge in [-0.15, -0.1) is 0 Å². The average Bonchev–Trinajstić information content (AvgIpc) is 3.19. The lowest BCUT2D eigenvalue weighted by Gasteiger charge is -2.34. The van der Waals surface area contributed by atoms with Gasteiger partial charge < -0.3 is 15.1 Å². The van der Waals surface area contributed by atoms with Crippen molar-refractivity contribution in [2.24, 2.45) is 5.92 Å². The molecular formula is C23H29FN6O2. The highest BCUT2D eigenvalue weighted by Crippen LogP contribution is 2.28. The van der Waals surface area contributed by atoms with Gasteiger partial charge in [-0.25, -0.2) is 14.4 Å². The molecule has 1 atom stereocenters. The molecular weight excluding hydrogens is 411 g/mol. The number of benzene rings is 1. The maximum absolute atomic E-state index is 14.2. The number of amides is 2. The zero-order chi connectivity index (χ0) is 22.5. The summed E-state index contributed by atoms with van der Waals surface area (Å²) in [5.74, 6) is -0.464. The lowest BCUT2D eigenvalue weighted by Crippen LogP contribution is -2.47. The first kappa shape index (κ1) is 22.1. The molecule has 3 heterocycles. The van der Waals surface area contributed by atoms with Crippen LogP contribution in [-0.4, -0.2) is 72.5 Å². The summed E-state index contributed by atoms with van der Waals surface area (Å²) in [5.41, 5.74) is 1.04. The van der Waals surface area contributed by atoms with Crippen molar-refractivity contribution in [2.75, 3.05) is 55.6 Å². The summed E-state index contributed by atoms with van der Waals surface area (Å²) in [6.07, 6.45) is 4.46. The zero-order valence-corrected chi connectivity index (χ0v) is 18.3. The highest BCUT2D eigenvalue weighted by Gasteiger charge is 2.36. The summed E-state index contributed by atoms with van der Waals surface area (Å²) in [7, 11) is 0. The number of nitrogens with one attached hydrogen (secondary N) is 1. The van der Waals surface area contributed by atoms with Gasteiger partial charge in [0.25, 0.3) is 0 Å². The van der Waals surface area contributed by atoms with Gasteiger partial charge in [-0.2, -0.15) is 0 Å². The van der Waals surface area contributed by atoms with E-state index in [1.165, 1.54) is 11.0 Å². The number of aryl methyl sites for hydroxylation is 1. The monoisotopic (exact) mass is 440 g/mol. The van der Waals surface area contributed by atoms with Crippen LogP contribution in [0.5, 0.6) is 0 Å². The number of rotatable bonds is 7. The van der Waals surface area contributed by atoms with Crippen LogP contribution in [0, 0.1) is 18.7 Å². The summed E-state index contributed by atoms with van der Waals surface area (Å²) in [6, 6.07) is 6.59. The molecule has 0 saturated carbocycles.